The van der Waals surface area contributed by atoms with Gasteiger partial charge in [-0.2, -0.15) is 5.12 Å². The molecule has 9 nitrogen and oxygen atoms in total. The van der Waals surface area contributed by atoms with Crippen molar-refractivity contribution in [3.8, 4) is 0 Å². The molecule has 0 spiro atoms. The number of aliphatic imine (C=N–C) groups is 1. The molecule has 0 aliphatic carbocycles. The molecule has 6 rings (SSSR count). The number of aromatic nitrogens is 3. The molecular formula is C18H19ClN8O. The molecule has 0 saturated carbocycles. The van der Waals surface area contributed by atoms with Crippen molar-refractivity contribution in [3.05, 3.63) is 53.7 Å². The number of benzene rings is 1. The van der Waals surface area contributed by atoms with E-state index in [-0.39, 0.29) is 18.2 Å². The van der Waals surface area contributed by atoms with Gasteiger partial charge in [0.05, 0.1) is 29.9 Å². The van der Waals surface area contributed by atoms with Crippen molar-refractivity contribution in [2.45, 2.75) is 31.5 Å². The van der Waals surface area contributed by atoms with Crippen LogP contribution in [0.15, 0.2) is 47.5 Å². The quantitative estimate of drug-likeness (QED) is 0.718. The number of hydrogen-bond acceptors (Lipinski definition) is 8. The fourth-order valence-electron chi connectivity index (χ4n) is 4.38. The van der Waals surface area contributed by atoms with Crippen molar-refractivity contribution in [1.82, 2.24) is 24.5 Å². The zero-order chi connectivity index (χ0) is 18.8. The predicted octanol–water partition coefficient (Wildman–Crippen LogP) is 2.11. The van der Waals surface area contributed by atoms with Crippen LogP contribution in [0.3, 0.4) is 0 Å². The molecule has 3 atom stereocenters. The van der Waals surface area contributed by atoms with Crippen LogP contribution >= 0.6 is 11.8 Å². The maximum absolute atomic E-state index is 6.32. The Morgan fingerprint density at radius 3 is 3.00 bits per heavy atom. The second kappa shape index (κ2) is 5.86. The number of rotatable bonds is 2. The summed E-state index contributed by atoms with van der Waals surface area (Å²) in [7, 11) is 0. The highest BCUT2D eigenvalue weighted by Crippen LogP contribution is 2.45. The lowest BCUT2D eigenvalue weighted by molar-refractivity contribution is 0.118. The monoisotopic (exact) mass is 398 g/mol. The number of ether oxygens (including phenoxy) is 1. The lowest BCUT2D eigenvalue weighted by atomic mass is 10.00. The first-order valence-corrected chi connectivity index (χ1v) is 9.71. The molecule has 144 valence electrons. The van der Waals surface area contributed by atoms with Gasteiger partial charge in [0.15, 0.2) is 12.0 Å². The largest absolute Gasteiger partial charge is 0.378 e. The van der Waals surface area contributed by atoms with E-state index in [0.29, 0.717) is 6.67 Å². The number of halogens is 1. The molecule has 1 saturated heterocycles. The van der Waals surface area contributed by atoms with Crippen molar-refractivity contribution in [2.24, 2.45) is 4.99 Å². The van der Waals surface area contributed by atoms with Crippen molar-refractivity contribution < 1.29 is 4.74 Å². The van der Waals surface area contributed by atoms with Gasteiger partial charge in [0.1, 0.15) is 13.0 Å². The molecule has 1 aromatic heterocycles. The smallest absolute Gasteiger partial charge is 0.173 e. The fourth-order valence-corrected chi connectivity index (χ4v) is 4.58. The summed E-state index contributed by atoms with van der Waals surface area (Å²) in [6.45, 7) is 3.43. The van der Waals surface area contributed by atoms with Gasteiger partial charge in [-0.1, -0.05) is 18.2 Å². The van der Waals surface area contributed by atoms with Gasteiger partial charge < -0.3 is 9.64 Å². The molecule has 5 heterocycles. The van der Waals surface area contributed by atoms with Gasteiger partial charge in [-0.25, -0.2) is 10.0 Å². The second-order valence-electron chi connectivity index (χ2n) is 7.35. The summed E-state index contributed by atoms with van der Waals surface area (Å²) in [5.74, 6) is 1.22. The van der Waals surface area contributed by atoms with Crippen LogP contribution < -0.4 is 10.0 Å². The number of anilines is 1. The minimum Gasteiger partial charge on any atom is -0.378 e. The van der Waals surface area contributed by atoms with Gasteiger partial charge >= 0.3 is 0 Å². The molecule has 1 fully saturated rings. The van der Waals surface area contributed by atoms with Gasteiger partial charge in [0, 0.05) is 29.9 Å². The van der Waals surface area contributed by atoms with Crippen LogP contribution in [0.25, 0.3) is 0 Å². The first-order chi connectivity index (χ1) is 13.7. The summed E-state index contributed by atoms with van der Waals surface area (Å²) in [6, 6.07) is 8.27. The van der Waals surface area contributed by atoms with E-state index in [1.165, 1.54) is 0 Å². The molecule has 3 unspecified atom stereocenters. The van der Waals surface area contributed by atoms with Crippen LogP contribution in [-0.4, -0.2) is 50.2 Å². The topological polar surface area (TPSA) is 65.3 Å². The second-order valence-corrected chi connectivity index (χ2v) is 7.79. The lowest BCUT2D eigenvalue weighted by Gasteiger charge is -2.41. The molecule has 0 bridgehead atoms. The Kier molecular flexibility index (Phi) is 3.39. The van der Waals surface area contributed by atoms with Crippen molar-refractivity contribution in [3.63, 3.8) is 0 Å². The summed E-state index contributed by atoms with van der Waals surface area (Å²) in [5, 5.41) is 12.7. The third-order valence-corrected chi connectivity index (χ3v) is 5.98. The number of para-hydroxylation sites is 1. The van der Waals surface area contributed by atoms with Crippen molar-refractivity contribution in [1.29, 1.82) is 0 Å². The van der Waals surface area contributed by atoms with E-state index in [2.05, 4.69) is 39.3 Å². The van der Waals surface area contributed by atoms with Gasteiger partial charge in [0.25, 0.3) is 0 Å². The van der Waals surface area contributed by atoms with Gasteiger partial charge in [-0.3, -0.25) is 4.42 Å². The average molecular weight is 399 g/mol. The maximum atomic E-state index is 6.32. The predicted molar refractivity (Wildman–Crippen MR) is 104 cm³/mol. The van der Waals surface area contributed by atoms with Crippen molar-refractivity contribution >= 4 is 23.8 Å². The number of hydrazine groups is 1. The van der Waals surface area contributed by atoms with E-state index in [0.717, 1.165) is 35.8 Å². The highest BCUT2D eigenvalue weighted by Gasteiger charge is 2.44. The molecule has 28 heavy (non-hydrogen) atoms. The van der Waals surface area contributed by atoms with E-state index < -0.39 is 0 Å². The van der Waals surface area contributed by atoms with Crippen molar-refractivity contribution in [2.75, 3.05) is 23.3 Å². The minimum atomic E-state index is -0.164. The molecule has 1 aromatic carbocycles. The molecule has 4 aliphatic rings. The Morgan fingerprint density at radius 2 is 2.14 bits per heavy atom. The SMILES string of the molecule is CC1OCCC1c1cn(N2C=NC3c4ccccc4N4CN(Cl)C=C4N32)nn1. The Labute approximate surface area is 167 Å². The van der Waals surface area contributed by atoms with Gasteiger partial charge in [-0.15, -0.1) is 9.89 Å². The van der Waals surface area contributed by atoms with E-state index in [9.17, 15) is 0 Å². The number of nitrogens with zero attached hydrogens (tertiary/aromatic N) is 8. The summed E-state index contributed by atoms with van der Waals surface area (Å²) in [5.41, 5.74) is 3.19. The molecule has 2 aromatic rings. The highest BCUT2D eigenvalue weighted by molar-refractivity contribution is 6.14. The number of hydrogen-bond donors (Lipinski definition) is 0. The normalized spacial score (nSPS) is 27.9. The van der Waals surface area contributed by atoms with Gasteiger partial charge in [0.2, 0.25) is 0 Å². The average Bonchev–Trinajstić information content (AvgIpc) is 3.46. The van der Waals surface area contributed by atoms with E-state index in [1.54, 1.807) is 15.5 Å². The van der Waals surface area contributed by atoms with E-state index >= 15 is 0 Å². The molecule has 0 radical (unpaired) electrons. The lowest BCUT2D eigenvalue weighted by Crippen LogP contribution is -2.51. The van der Waals surface area contributed by atoms with E-state index in [4.69, 9.17) is 21.5 Å². The Morgan fingerprint density at radius 1 is 1.25 bits per heavy atom. The third kappa shape index (κ3) is 2.20. The molecule has 10 heteroatoms. The summed E-state index contributed by atoms with van der Waals surface area (Å²) < 4.78 is 7.33. The fraction of sp³-hybridized carbons (Fsp3) is 0.389. The van der Waals surface area contributed by atoms with Gasteiger partial charge in [-0.05, 0) is 24.6 Å². The Hall–Kier alpha value is -2.78. The molecule has 0 N–H and O–H groups in total. The van der Waals surface area contributed by atoms with Crippen LogP contribution in [0.1, 0.15) is 36.7 Å². The first kappa shape index (κ1) is 16.2. The Bertz CT molecular complexity index is 989. The van der Waals surface area contributed by atoms with Crippen LogP contribution in [0.4, 0.5) is 5.69 Å². The van der Waals surface area contributed by atoms with Crippen LogP contribution in [0, 0.1) is 0 Å². The first-order valence-electron chi connectivity index (χ1n) is 9.37. The third-order valence-electron chi connectivity index (χ3n) is 5.78. The minimum absolute atomic E-state index is 0.157. The standard InChI is InChI=1S/C18H19ClN8O/c1-12-13(6-7-28-12)15-8-25(22-21-15)26-10-20-18-14-4-2-3-5-16(14)24-11-23(19)9-17(24)27(18)26/h2-5,8-10,12-13,18H,6-7,11H2,1H3. The Balaban J connectivity index is 1.39. The van der Waals surface area contributed by atoms with Crippen LogP contribution in [0.2, 0.25) is 0 Å². The summed E-state index contributed by atoms with van der Waals surface area (Å²) >= 11 is 6.32. The highest BCUT2D eigenvalue weighted by atomic mass is 35.5. The molecule has 0 amide bonds. The van der Waals surface area contributed by atoms with Crippen LogP contribution in [0.5, 0.6) is 0 Å². The molecule has 4 aliphatic heterocycles. The van der Waals surface area contributed by atoms with Crippen LogP contribution in [-0.2, 0) is 4.74 Å². The molecular weight excluding hydrogens is 380 g/mol. The summed E-state index contributed by atoms with van der Waals surface area (Å²) in [4.78, 5) is 8.65. The zero-order valence-corrected chi connectivity index (χ0v) is 16.0. The maximum Gasteiger partial charge on any atom is 0.173 e. The zero-order valence-electron chi connectivity index (χ0n) is 15.3. The number of fused-ring (bicyclic) bond motifs is 6. The van der Waals surface area contributed by atoms with E-state index in [1.807, 2.05) is 29.6 Å². The summed E-state index contributed by atoms with van der Waals surface area (Å²) in [6.07, 6.45) is 6.62.